The van der Waals surface area contributed by atoms with Crippen molar-refractivity contribution in [3.8, 4) is 0 Å². The van der Waals surface area contributed by atoms with Crippen LogP contribution in [0.2, 0.25) is 0 Å². The van der Waals surface area contributed by atoms with Crippen LogP contribution in [0.4, 0.5) is 0 Å². The summed E-state index contributed by atoms with van der Waals surface area (Å²) >= 11 is 0. The van der Waals surface area contributed by atoms with Gasteiger partial charge in [0, 0.05) is 18.7 Å². The van der Waals surface area contributed by atoms with Crippen molar-refractivity contribution in [3.05, 3.63) is 48.0 Å². The number of nitrogens with one attached hydrogen (secondary N) is 3. The van der Waals surface area contributed by atoms with Crippen LogP contribution in [0.3, 0.4) is 0 Å². The maximum absolute atomic E-state index is 12.9. The van der Waals surface area contributed by atoms with Gasteiger partial charge in [-0.15, -0.1) is 0 Å². The van der Waals surface area contributed by atoms with E-state index < -0.39 is 30.4 Å². The summed E-state index contributed by atoms with van der Waals surface area (Å²) in [6.45, 7) is 2.76. The van der Waals surface area contributed by atoms with Gasteiger partial charge < -0.3 is 26.0 Å². The van der Waals surface area contributed by atoms with Crippen molar-refractivity contribution < 1.29 is 24.3 Å². The number of benzene rings is 1. The van der Waals surface area contributed by atoms with E-state index in [0.717, 1.165) is 25.9 Å². The molecule has 178 valence electrons. The molecule has 0 unspecified atom stereocenters. The third-order valence-electron chi connectivity index (χ3n) is 6.04. The molecule has 2 heterocycles. The minimum absolute atomic E-state index is 0.106. The van der Waals surface area contributed by atoms with Crippen molar-refractivity contribution in [1.82, 2.24) is 20.9 Å². The Balaban J connectivity index is 1.55. The molecule has 3 rings (SSSR count). The molecule has 0 bridgehead atoms. The number of carbonyl (C=O) groups excluding carboxylic acids is 3. The molecule has 0 aromatic heterocycles. The second kappa shape index (κ2) is 12.2. The Morgan fingerprint density at radius 1 is 1.09 bits per heavy atom. The van der Waals surface area contributed by atoms with Gasteiger partial charge in [0.2, 0.25) is 11.8 Å². The molecule has 3 amide bonds. The van der Waals surface area contributed by atoms with E-state index in [1.165, 1.54) is 0 Å². The van der Waals surface area contributed by atoms with E-state index in [1.54, 1.807) is 41.3 Å². The first-order valence-corrected chi connectivity index (χ1v) is 11.5. The molecule has 0 aliphatic carbocycles. The van der Waals surface area contributed by atoms with Crippen molar-refractivity contribution in [2.24, 2.45) is 11.8 Å². The van der Waals surface area contributed by atoms with E-state index >= 15 is 0 Å². The molecule has 1 aromatic rings. The third-order valence-corrected chi connectivity index (χ3v) is 6.04. The molecule has 0 radical (unpaired) electrons. The molecule has 2 saturated heterocycles. The van der Waals surface area contributed by atoms with Crippen LogP contribution in [-0.4, -0.2) is 66.0 Å². The molecular weight excluding hydrogens is 424 g/mol. The Bertz CT molecular complexity index is 867. The zero-order chi connectivity index (χ0) is 23.6. The van der Waals surface area contributed by atoms with Crippen molar-refractivity contribution in [1.29, 1.82) is 0 Å². The molecule has 2 fully saturated rings. The number of hydrogen-bond acceptors (Lipinski definition) is 5. The van der Waals surface area contributed by atoms with Crippen LogP contribution in [-0.2, 0) is 14.4 Å². The van der Waals surface area contributed by atoms with Gasteiger partial charge in [0.1, 0.15) is 6.17 Å². The van der Waals surface area contributed by atoms with Gasteiger partial charge in [0.15, 0.2) is 0 Å². The molecule has 0 saturated carbocycles. The number of carbonyl (C=O) groups is 4. The normalized spacial score (nSPS) is 20.2. The predicted octanol–water partition coefficient (Wildman–Crippen LogP) is 1.13. The van der Waals surface area contributed by atoms with Gasteiger partial charge >= 0.3 is 5.97 Å². The first kappa shape index (κ1) is 24.4. The number of aliphatic carboxylic acids is 1. The van der Waals surface area contributed by atoms with E-state index in [1.807, 2.05) is 6.08 Å². The molecule has 0 spiro atoms. The summed E-state index contributed by atoms with van der Waals surface area (Å²) in [6, 6.07) is 8.39. The minimum Gasteiger partial charge on any atom is -0.481 e. The highest BCUT2D eigenvalue weighted by Crippen LogP contribution is 2.18. The maximum atomic E-state index is 12.9. The van der Waals surface area contributed by atoms with Crippen molar-refractivity contribution in [2.75, 3.05) is 26.2 Å². The highest BCUT2D eigenvalue weighted by Gasteiger charge is 2.30. The van der Waals surface area contributed by atoms with E-state index in [0.29, 0.717) is 30.9 Å². The molecule has 9 nitrogen and oxygen atoms in total. The average molecular weight is 457 g/mol. The van der Waals surface area contributed by atoms with Crippen LogP contribution in [0.5, 0.6) is 0 Å². The lowest BCUT2D eigenvalue weighted by molar-refractivity contribution is -0.138. The van der Waals surface area contributed by atoms with Gasteiger partial charge in [-0.1, -0.05) is 24.3 Å². The Hall–Kier alpha value is -3.20. The summed E-state index contributed by atoms with van der Waals surface area (Å²) in [5, 5.41) is 17.7. The van der Waals surface area contributed by atoms with Crippen molar-refractivity contribution >= 4 is 23.7 Å². The fourth-order valence-electron chi connectivity index (χ4n) is 4.19. The molecule has 1 aromatic carbocycles. The number of nitrogens with zero attached hydrogens (tertiary/aromatic N) is 1. The molecular formula is C24H32N4O5. The monoisotopic (exact) mass is 456 g/mol. The van der Waals surface area contributed by atoms with E-state index in [9.17, 15) is 24.3 Å². The van der Waals surface area contributed by atoms with Gasteiger partial charge in [0.25, 0.3) is 5.91 Å². The number of carboxylic acid groups (broad SMARTS) is 1. The molecule has 9 heteroatoms. The highest BCUT2D eigenvalue weighted by molar-refractivity contribution is 5.95. The number of piperidine rings is 2. The first-order chi connectivity index (χ1) is 15.9. The fourth-order valence-corrected chi connectivity index (χ4v) is 4.19. The summed E-state index contributed by atoms with van der Waals surface area (Å²) < 4.78 is 0. The number of amides is 3. The van der Waals surface area contributed by atoms with Crippen LogP contribution in [0, 0.1) is 11.8 Å². The molecule has 4 N–H and O–H groups in total. The standard InChI is InChI=1S/C24H32N4O5/c29-21(9-8-17-10-12-25-13-11-17)28-14-4-7-19(16-28)24(33)27-20(15-22(30)31)26-23(32)18-5-2-1-3-6-18/h1-3,5-6,8-9,17,19-20,25H,4,7,10-16H2,(H,26,32)(H,27,33)(H,30,31)/b9-8+/t19-,20-/m1/s1. The Kier molecular flexibility index (Phi) is 9.00. The Morgan fingerprint density at radius 3 is 2.52 bits per heavy atom. The number of carboxylic acids is 1. The van der Waals surface area contributed by atoms with Gasteiger partial charge in [-0.25, -0.2) is 0 Å². The summed E-state index contributed by atoms with van der Waals surface area (Å²) in [7, 11) is 0. The maximum Gasteiger partial charge on any atom is 0.307 e. The second-order valence-corrected chi connectivity index (χ2v) is 8.57. The lowest BCUT2D eigenvalue weighted by Crippen LogP contribution is -2.53. The van der Waals surface area contributed by atoms with Gasteiger partial charge in [-0.3, -0.25) is 19.2 Å². The van der Waals surface area contributed by atoms with Crippen LogP contribution < -0.4 is 16.0 Å². The van der Waals surface area contributed by atoms with Crippen molar-refractivity contribution in [3.63, 3.8) is 0 Å². The lowest BCUT2D eigenvalue weighted by atomic mass is 9.96. The second-order valence-electron chi connectivity index (χ2n) is 8.57. The minimum atomic E-state index is -1.14. The topological polar surface area (TPSA) is 128 Å². The summed E-state index contributed by atoms with van der Waals surface area (Å²) in [4.78, 5) is 50.8. The van der Waals surface area contributed by atoms with E-state index in [-0.39, 0.29) is 18.4 Å². The van der Waals surface area contributed by atoms with Crippen LogP contribution in [0.25, 0.3) is 0 Å². The third kappa shape index (κ3) is 7.71. The Morgan fingerprint density at radius 2 is 1.82 bits per heavy atom. The number of allylic oxidation sites excluding steroid dienone is 1. The molecule has 2 aliphatic heterocycles. The zero-order valence-electron chi connectivity index (χ0n) is 18.7. The van der Waals surface area contributed by atoms with Gasteiger partial charge in [0.05, 0.1) is 12.3 Å². The predicted molar refractivity (Wildman–Crippen MR) is 122 cm³/mol. The number of rotatable bonds is 8. The van der Waals surface area contributed by atoms with Gasteiger partial charge in [-0.05, 0) is 62.9 Å². The van der Waals surface area contributed by atoms with E-state index in [4.69, 9.17) is 0 Å². The summed E-state index contributed by atoms with van der Waals surface area (Å²) in [5.41, 5.74) is 0.372. The van der Waals surface area contributed by atoms with E-state index in [2.05, 4.69) is 16.0 Å². The largest absolute Gasteiger partial charge is 0.481 e. The molecule has 33 heavy (non-hydrogen) atoms. The molecule has 2 atom stereocenters. The van der Waals surface area contributed by atoms with Crippen LogP contribution in [0.15, 0.2) is 42.5 Å². The highest BCUT2D eigenvalue weighted by atomic mass is 16.4. The zero-order valence-corrected chi connectivity index (χ0v) is 18.7. The SMILES string of the molecule is O=C(O)C[C@H](NC(=O)c1ccccc1)NC(=O)[C@@H]1CCCN(C(=O)/C=C/C2CCNCC2)C1. The molecule has 2 aliphatic rings. The first-order valence-electron chi connectivity index (χ1n) is 11.5. The lowest BCUT2D eigenvalue weighted by Gasteiger charge is -2.32. The summed E-state index contributed by atoms with van der Waals surface area (Å²) in [6.07, 6.45) is 5.39. The van der Waals surface area contributed by atoms with Crippen LogP contribution in [0.1, 0.15) is 42.5 Å². The van der Waals surface area contributed by atoms with Gasteiger partial charge in [-0.2, -0.15) is 0 Å². The smallest absolute Gasteiger partial charge is 0.307 e. The Labute approximate surface area is 193 Å². The quantitative estimate of drug-likeness (QED) is 0.343. The van der Waals surface area contributed by atoms with Crippen molar-refractivity contribution in [2.45, 2.75) is 38.3 Å². The van der Waals surface area contributed by atoms with Crippen LogP contribution >= 0.6 is 0 Å². The number of likely N-dealkylation sites (tertiary alicyclic amines) is 1. The number of hydrogen-bond donors (Lipinski definition) is 4. The fraction of sp³-hybridized carbons (Fsp3) is 0.500. The average Bonchev–Trinajstić information content (AvgIpc) is 2.83. The summed E-state index contributed by atoms with van der Waals surface area (Å²) in [5.74, 6) is -2.15.